The Morgan fingerprint density at radius 2 is 1.53 bits per heavy atom. The number of carbonyl (C=O) groups excluding carboxylic acids is 2. The number of hydrogen-bond donors (Lipinski definition) is 0. The molecule has 244 valence electrons. The maximum atomic E-state index is 12.3. The molecule has 0 amide bonds. The molecule has 0 saturated carbocycles. The Kier molecular flexibility index (Phi) is 20.3. The van der Waals surface area contributed by atoms with E-state index in [4.69, 9.17) is 21.1 Å². The average Bonchev–Trinajstić information content (AvgIpc) is 3.52. The summed E-state index contributed by atoms with van der Waals surface area (Å²) >= 11 is 8.07. The molecular weight excluding hydrogens is 602 g/mol. The van der Waals surface area contributed by atoms with Crippen LogP contribution in [0.4, 0.5) is 0 Å². The van der Waals surface area contributed by atoms with Gasteiger partial charge in [0.2, 0.25) is 0 Å². The molecule has 2 aromatic rings. The van der Waals surface area contributed by atoms with Crippen LogP contribution in [0.15, 0.2) is 96.5 Å². The Hall–Kier alpha value is -3.19. The zero-order valence-electron chi connectivity index (χ0n) is 27.2. The molecule has 1 aliphatic heterocycles. The van der Waals surface area contributed by atoms with Crippen LogP contribution in [0.1, 0.15) is 87.3 Å². The number of nitrogens with zero attached hydrogens (tertiary/aromatic N) is 1. The lowest BCUT2D eigenvalue weighted by Crippen LogP contribution is -2.38. The lowest BCUT2D eigenvalue weighted by Gasteiger charge is -2.33. The molecule has 1 aromatic carbocycles. The smallest absolute Gasteiger partial charge is 0.327 e. The summed E-state index contributed by atoms with van der Waals surface area (Å²) in [5, 5.41) is 2.71. The molecule has 0 spiro atoms. The van der Waals surface area contributed by atoms with Gasteiger partial charge in [-0.15, -0.1) is 11.3 Å². The van der Waals surface area contributed by atoms with Crippen LogP contribution in [0.3, 0.4) is 0 Å². The van der Waals surface area contributed by atoms with E-state index >= 15 is 0 Å². The number of unbranched alkanes of at least 4 members (excludes halogenated alkanes) is 1. The molecule has 45 heavy (non-hydrogen) atoms. The van der Waals surface area contributed by atoms with Gasteiger partial charge in [-0.3, -0.25) is 9.69 Å². The molecule has 1 atom stereocenters. The molecule has 2 heterocycles. The Labute approximate surface area is 280 Å². The predicted molar refractivity (Wildman–Crippen MR) is 190 cm³/mol. The Bertz CT molecular complexity index is 1280. The van der Waals surface area contributed by atoms with Crippen molar-refractivity contribution in [1.82, 2.24) is 4.90 Å². The monoisotopic (exact) mass is 651 g/mol. The summed E-state index contributed by atoms with van der Waals surface area (Å²) in [6.45, 7) is 6.05. The number of hydrogen-bond acceptors (Lipinski definition) is 6. The van der Waals surface area contributed by atoms with Gasteiger partial charge in [-0.25, -0.2) is 4.79 Å². The first-order chi connectivity index (χ1) is 22.0. The van der Waals surface area contributed by atoms with Crippen LogP contribution >= 0.6 is 22.9 Å². The van der Waals surface area contributed by atoms with E-state index < -0.39 is 6.04 Å². The van der Waals surface area contributed by atoms with Gasteiger partial charge in [0.1, 0.15) is 6.04 Å². The standard InChI is InChI=1S/C22H34O2.C16H16ClNO2S/c1-3-5-6-7-8-9-10-11-12-13-14-15-16-17-18-19-20-21-22(23)24-4-2;1-20-16(19)15(12-4-2-3-5-13(12)17)18-8-6-14-11(10-18)7-9-21-14/h5-6,8-9,11-12,14-15,17-18H,3-4,7,10,13,16,19-21H2,1-2H3;2-5,7,9,15H,6,8,10H2,1H3/b6-5-,9-8-,12-11-,15-14-,18-17-;/t;15-/m.0/s1. The molecule has 0 radical (unpaired) electrons. The summed E-state index contributed by atoms with van der Waals surface area (Å²) in [4.78, 5) is 27.0. The Balaban J connectivity index is 0.000000315. The number of thiophene rings is 1. The third-order valence-electron chi connectivity index (χ3n) is 7.04. The van der Waals surface area contributed by atoms with Crippen LogP contribution in [-0.4, -0.2) is 37.1 Å². The van der Waals surface area contributed by atoms with Gasteiger partial charge >= 0.3 is 11.9 Å². The van der Waals surface area contributed by atoms with Crippen molar-refractivity contribution < 1.29 is 19.1 Å². The second kappa shape index (κ2) is 24.1. The quantitative estimate of drug-likeness (QED) is 0.0968. The molecule has 0 aliphatic carbocycles. The van der Waals surface area contributed by atoms with Crippen molar-refractivity contribution in [2.24, 2.45) is 0 Å². The number of ether oxygens (including phenoxy) is 2. The van der Waals surface area contributed by atoms with Crippen LogP contribution in [0.25, 0.3) is 0 Å². The van der Waals surface area contributed by atoms with Crippen molar-refractivity contribution in [3.8, 4) is 0 Å². The van der Waals surface area contributed by atoms with E-state index in [1.54, 1.807) is 11.3 Å². The van der Waals surface area contributed by atoms with Gasteiger partial charge in [-0.2, -0.15) is 0 Å². The van der Waals surface area contributed by atoms with E-state index in [0.717, 1.165) is 70.0 Å². The van der Waals surface area contributed by atoms with E-state index in [0.29, 0.717) is 18.1 Å². The molecule has 0 fully saturated rings. The normalized spacial score (nSPS) is 14.3. The highest BCUT2D eigenvalue weighted by molar-refractivity contribution is 7.10. The molecule has 1 aromatic heterocycles. The van der Waals surface area contributed by atoms with Crippen molar-refractivity contribution in [2.45, 2.75) is 84.2 Å². The largest absolute Gasteiger partial charge is 0.468 e. The molecule has 0 unspecified atom stereocenters. The van der Waals surface area contributed by atoms with Gasteiger partial charge in [-0.05, 0) is 86.9 Å². The third kappa shape index (κ3) is 15.6. The first kappa shape index (κ1) is 38.0. The van der Waals surface area contributed by atoms with Crippen molar-refractivity contribution in [3.63, 3.8) is 0 Å². The topological polar surface area (TPSA) is 55.8 Å². The molecule has 5 nitrogen and oxygen atoms in total. The zero-order chi connectivity index (χ0) is 32.5. The number of carbonyl (C=O) groups is 2. The average molecular weight is 652 g/mol. The SMILES string of the molecule is CC/C=C\C/C=C\C/C=C\C/C=C\C/C=C\CCCC(=O)OCC.COC(=O)[C@H](c1ccccc1Cl)N1CCc2sccc2C1. The van der Waals surface area contributed by atoms with Crippen LogP contribution in [0, 0.1) is 0 Å². The fourth-order valence-electron chi connectivity index (χ4n) is 4.74. The van der Waals surface area contributed by atoms with E-state index in [2.05, 4.69) is 84.0 Å². The van der Waals surface area contributed by atoms with Crippen molar-refractivity contribution >= 4 is 34.9 Å². The predicted octanol–water partition coefficient (Wildman–Crippen LogP) is 10.1. The minimum atomic E-state index is -0.447. The lowest BCUT2D eigenvalue weighted by molar-refractivity contribution is -0.148. The van der Waals surface area contributed by atoms with Crippen molar-refractivity contribution in [2.75, 3.05) is 20.3 Å². The molecule has 3 rings (SSSR count). The number of methoxy groups -OCH3 is 1. The molecule has 0 N–H and O–H groups in total. The van der Waals surface area contributed by atoms with Gasteiger partial charge in [0.25, 0.3) is 0 Å². The Morgan fingerprint density at radius 1 is 0.911 bits per heavy atom. The molecule has 1 aliphatic rings. The molecule has 0 bridgehead atoms. The van der Waals surface area contributed by atoms with Crippen LogP contribution in [-0.2, 0) is 32.0 Å². The first-order valence-corrected chi connectivity index (χ1v) is 17.3. The summed E-state index contributed by atoms with van der Waals surface area (Å²) in [6, 6.07) is 9.16. The molecule has 7 heteroatoms. The minimum Gasteiger partial charge on any atom is -0.468 e. The van der Waals surface area contributed by atoms with Crippen molar-refractivity contribution in [3.05, 3.63) is 117 Å². The second-order valence-electron chi connectivity index (χ2n) is 10.4. The van der Waals surface area contributed by atoms with E-state index in [1.165, 1.54) is 17.6 Å². The highest BCUT2D eigenvalue weighted by atomic mass is 35.5. The van der Waals surface area contributed by atoms with Gasteiger partial charge < -0.3 is 9.47 Å². The van der Waals surface area contributed by atoms with Crippen LogP contribution < -0.4 is 0 Å². The van der Waals surface area contributed by atoms with Gasteiger partial charge in [0.15, 0.2) is 0 Å². The maximum absolute atomic E-state index is 12.3. The van der Waals surface area contributed by atoms with Gasteiger partial charge in [0, 0.05) is 29.4 Å². The zero-order valence-corrected chi connectivity index (χ0v) is 28.7. The van der Waals surface area contributed by atoms with E-state index in [9.17, 15) is 9.59 Å². The lowest BCUT2D eigenvalue weighted by atomic mass is 10.0. The minimum absolute atomic E-state index is 0.0927. The first-order valence-electron chi connectivity index (χ1n) is 16.0. The van der Waals surface area contributed by atoms with Gasteiger partial charge in [0.05, 0.1) is 13.7 Å². The second-order valence-corrected chi connectivity index (χ2v) is 11.8. The summed E-state index contributed by atoms with van der Waals surface area (Å²) in [5.74, 6) is -0.355. The number of fused-ring (bicyclic) bond motifs is 1. The number of esters is 2. The fourth-order valence-corrected chi connectivity index (χ4v) is 5.87. The number of halogens is 1. The van der Waals surface area contributed by atoms with Gasteiger partial charge in [-0.1, -0.05) is 97.5 Å². The molecule has 0 saturated heterocycles. The fraction of sp³-hybridized carbons (Fsp3) is 0.421. The highest BCUT2D eigenvalue weighted by Gasteiger charge is 2.32. The highest BCUT2D eigenvalue weighted by Crippen LogP contribution is 2.33. The number of benzene rings is 1. The van der Waals surface area contributed by atoms with E-state index in [-0.39, 0.29) is 11.9 Å². The number of rotatable bonds is 17. The summed E-state index contributed by atoms with van der Waals surface area (Å²) in [7, 11) is 1.42. The summed E-state index contributed by atoms with van der Waals surface area (Å²) < 4.78 is 9.89. The van der Waals surface area contributed by atoms with E-state index in [1.807, 2.05) is 31.2 Å². The number of allylic oxidation sites excluding steroid dienone is 10. The maximum Gasteiger partial charge on any atom is 0.327 e. The van der Waals surface area contributed by atoms with Crippen LogP contribution in [0.2, 0.25) is 5.02 Å². The summed E-state index contributed by atoms with van der Waals surface area (Å²) in [5.41, 5.74) is 2.11. The van der Waals surface area contributed by atoms with Crippen molar-refractivity contribution in [1.29, 1.82) is 0 Å². The summed E-state index contributed by atoms with van der Waals surface area (Å²) in [6.07, 6.45) is 30.2. The van der Waals surface area contributed by atoms with Crippen LogP contribution in [0.5, 0.6) is 0 Å². The third-order valence-corrected chi connectivity index (χ3v) is 8.41. The Morgan fingerprint density at radius 3 is 2.13 bits per heavy atom. The molecular formula is C38H50ClNO4S.